The first kappa shape index (κ1) is 21.5. The van der Waals surface area contributed by atoms with Crippen LogP contribution < -0.4 is 4.74 Å². The van der Waals surface area contributed by atoms with Gasteiger partial charge in [-0.3, -0.25) is 0 Å². The van der Waals surface area contributed by atoms with Crippen LogP contribution in [-0.2, 0) is 21.6 Å². The summed E-state index contributed by atoms with van der Waals surface area (Å²) < 4.78 is 25.1. The molecular weight excluding hydrogens is 405 g/mol. The number of hydrogen-bond acceptors (Lipinski definition) is 4. The number of cyclic esters (lactones) is 1. The van der Waals surface area contributed by atoms with Gasteiger partial charge in [0.05, 0.1) is 0 Å². The molecule has 1 aliphatic rings. The van der Waals surface area contributed by atoms with Crippen molar-refractivity contribution in [1.29, 1.82) is 0 Å². The van der Waals surface area contributed by atoms with Crippen molar-refractivity contribution in [2.75, 3.05) is 0 Å². The third-order valence-corrected chi connectivity index (χ3v) is 5.17. The van der Waals surface area contributed by atoms with E-state index in [1.54, 1.807) is 30.3 Å². The molecule has 162 valence electrons. The minimum atomic E-state index is -0.524. The van der Waals surface area contributed by atoms with Crippen molar-refractivity contribution in [3.05, 3.63) is 107 Å². The van der Waals surface area contributed by atoms with E-state index in [2.05, 4.69) is 25.8 Å². The second-order valence-corrected chi connectivity index (χ2v) is 8.58. The van der Waals surface area contributed by atoms with E-state index in [9.17, 15) is 9.18 Å². The Morgan fingerprint density at radius 1 is 0.969 bits per heavy atom. The first-order chi connectivity index (χ1) is 15.3. The molecule has 0 atom stereocenters. The van der Waals surface area contributed by atoms with Crippen LogP contribution in [0.15, 0.2) is 83.5 Å². The van der Waals surface area contributed by atoms with Crippen LogP contribution in [0, 0.1) is 5.82 Å². The summed E-state index contributed by atoms with van der Waals surface area (Å²) in [6, 6.07) is 21.5. The molecule has 0 unspecified atom stereocenters. The number of para-hydroxylation sites is 1. The lowest BCUT2D eigenvalue weighted by Crippen LogP contribution is -2.11. The number of ether oxygens (including phenoxy) is 2. The molecule has 0 N–H and O–H groups in total. The minimum Gasteiger partial charge on any atom is -0.488 e. The topological polar surface area (TPSA) is 47.9 Å². The number of hydrogen-bond donors (Lipinski definition) is 0. The van der Waals surface area contributed by atoms with Gasteiger partial charge in [-0.2, -0.15) is 0 Å². The monoisotopic (exact) mass is 429 g/mol. The maximum Gasteiger partial charge on any atom is 0.363 e. The van der Waals surface area contributed by atoms with Gasteiger partial charge in [0.25, 0.3) is 0 Å². The van der Waals surface area contributed by atoms with Crippen LogP contribution in [0.4, 0.5) is 4.39 Å². The number of rotatable bonds is 5. The summed E-state index contributed by atoms with van der Waals surface area (Å²) in [7, 11) is 0. The first-order valence-corrected chi connectivity index (χ1v) is 10.4. The van der Waals surface area contributed by atoms with Crippen molar-refractivity contribution in [3.8, 4) is 5.75 Å². The Hall–Kier alpha value is -3.73. The largest absolute Gasteiger partial charge is 0.488 e. The standard InChI is InChI=1S/C27H24FNO3/c1-27(2,3)21-14-12-18(13-15-21)25-29-23(26(30)32-25)16-19-8-5-7-11-24(19)31-17-20-9-4-6-10-22(20)28/h4-16H,17H2,1-3H3. The molecule has 0 fully saturated rings. The summed E-state index contributed by atoms with van der Waals surface area (Å²) in [4.78, 5) is 16.8. The Balaban J connectivity index is 1.57. The van der Waals surface area contributed by atoms with Crippen molar-refractivity contribution in [2.24, 2.45) is 4.99 Å². The highest BCUT2D eigenvalue weighted by atomic mass is 19.1. The van der Waals surface area contributed by atoms with Gasteiger partial charge in [-0.15, -0.1) is 0 Å². The highest BCUT2D eigenvalue weighted by Crippen LogP contribution is 2.27. The fraction of sp³-hybridized carbons (Fsp3) is 0.185. The average molecular weight is 429 g/mol. The van der Waals surface area contributed by atoms with Gasteiger partial charge in [-0.1, -0.05) is 69.3 Å². The van der Waals surface area contributed by atoms with E-state index in [0.717, 1.165) is 5.56 Å². The van der Waals surface area contributed by atoms with Crippen LogP contribution in [0.5, 0.6) is 5.75 Å². The molecule has 1 aliphatic heterocycles. The molecule has 0 saturated carbocycles. The minimum absolute atomic E-state index is 0.0319. The molecule has 4 rings (SSSR count). The number of aliphatic imine (C=N–C) groups is 1. The Morgan fingerprint density at radius 2 is 1.66 bits per heavy atom. The lowest BCUT2D eigenvalue weighted by molar-refractivity contribution is -0.129. The Kier molecular flexibility index (Phi) is 5.91. The van der Waals surface area contributed by atoms with E-state index in [0.29, 0.717) is 16.9 Å². The number of halogens is 1. The number of nitrogens with zero attached hydrogens (tertiary/aromatic N) is 1. The van der Waals surface area contributed by atoms with Gasteiger partial charge in [-0.05, 0) is 41.3 Å². The Labute approximate surface area is 187 Å². The van der Waals surface area contributed by atoms with Crippen molar-refractivity contribution in [3.63, 3.8) is 0 Å². The van der Waals surface area contributed by atoms with Crippen LogP contribution in [0.2, 0.25) is 0 Å². The SMILES string of the molecule is CC(C)(C)c1ccc(C2=NC(=Cc3ccccc3OCc3ccccc3F)C(=O)O2)cc1. The van der Waals surface area contributed by atoms with Gasteiger partial charge >= 0.3 is 5.97 Å². The molecule has 4 nitrogen and oxygen atoms in total. The highest BCUT2D eigenvalue weighted by molar-refractivity contribution is 6.13. The zero-order valence-corrected chi connectivity index (χ0v) is 18.3. The molecular formula is C27H24FNO3. The van der Waals surface area contributed by atoms with Crippen LogP contribution in [0.3, 0.4) is 0 Å². The lowest BCUT2D eigenvalue weighted by atomic mass is 9.87. The van der Waals surface area contributed by atoms with Gasteiger partial charge in [-0.25, -0.2) is 14.2 Å². The Bertz CT molecular complexity index is 1200. The fourth-order valence-corrected chi connectivity index (χ4v) is 3.29. The molecule has 0 radical (unpaired) electrons. The van der Waals surface area contributed by atoms with Crippen molar-refractivity contribution in [1.82, 2.24) is 0 Å². The van der Waals surface area contributed by atoms with E-state index in [-0.39, 0.29) is 29.4 Å². The summed E-state index contributed by atoms with van der Waals surface area (Å²) >= 11 is 0. The van der Waals surface area contributed by atoms with Crippen LogP contribution in [0.1, 0.15) is 43.0 Å². The van der Waals surface area contributed by atoms with Gasteiger partial charge in [0.1, 0.15) is 18.2 Å². The zero-order valence-electron chi connectivity index (χ0n) is 18.3. The van der Waals surface area contributed by atoms with Crippen molar-refractivity contribution >= 4 is 17.9 Å². The van der Waals surface area contributed by atoms with Crippen molar-refractivity contribution in [2.45, 2.75) is 32.8 Å². The maximum atomic E-state index is 13.9. The number of benzene rings is 3. The van der Waals surface area contributed by atoms with E-state index in [1.165, 1.54) is 11.6 Å². The Morgan fingerprint density at radius 3 is 2.38 bits per heavy atom. The normalized spacial score (nSPS) is 14.9. The average Bonchev–Trinajstić information content (AvgIpc) is 3.14. The van der Waals surface area contributed by atoms with E-state index >= 15 is 0 Å². The second-order valence-electron chi connectivity index (χ2n) is 8.58. The van der Waals surface area contributed by atoms with Gasteiger partial charge in [0, 0.05) is 16.7 Å². The second kappa shape index (κ2) is 8.79. The molecule has 3 aromatic rings. The van der Waals surface area contributed by atoms with Gasteiger partial charge in [0.15, 0.2) is 5.70 Å². The lowest BCUT2D eigenvalue weighted by Gasteiger charge is -2.18. The van der Waals surface area contributed by atoms with E-state index < -0.39 is 5.97 Å². The summed E-state index contributed by atoms with van der Waals surface area (Å²) in [5.41, 5.74) is 3.24. The predicted molar refractivity (Wildman–Crippen MR) is 123 cm³/mol. The van der Waals surface area contributed by atoms with Crippen molar-refractivity contribution < 1.29 is 18.7 Å². The smallest absolute Gasteiger partial charge is 0.363 e. The predicted octanol–water partition coefficient (Wildman–Crippen LogP) is 6.05. The molecule has 0 aliphatic carbocycles. The number of esters is 1. The molecule has 0 saturated heterocycles. The molecule has 0 aromatic heterocycles. The number of carbonyl (C=O) groups is 1. The molecule has 0 amide bonds. The quantitative estimate of drug-likeness (QED) is 0.367. The zero-order chi connectivity index (χ0) is 22.7. The molecule has 5 heteroatoms. The molecule has 32 heavy (non-hydrogen) atoms. The number of carbonyl (C=O) groups excluding carboxylic acids is 1. The third kappa shape index (κ3) is 4.78. The molecule has 1 heterocycles. The molecule has 0 bridgehead atoms. The highest BCUT2D eigenvalue weighted by Gasteiger charge is 2.25. The summed E-state index contributed by atoms with van der Waals surface area (Å²) in [5, 5.41) is 0. The summed E-state index contributed by atoms with van der Waals surface area (Å²) in [5.74, 6) is -0.0565. The third-order valence-electron chi connectivity index (χ3n) is 5.17. The summed E-state index contributed by atoms with van der Waals surface area (Å²) in [6.45, 7) is 6.50. The molecule has 0 spiro atoms. The fourth-order valence-electron chi connectivity index (χ4n) is 3.29. The van der Waals surface area contributed by atoms with Gasteiger partial charge in [0.2, 0.25) is 5.90 Å². The summed E-state index contributed by atoms with van der Waals surface area (Å²) in [6.07, 6.45) is 1.62. The van der Waals surface area contributed by atoms with E-state index in [4.69, 9.17) is 9.47 Å². The van der Waals surface area contributed by atoms with Crippen LogP contribution in [0.25, 0.3) is 6.08 Å². The first-order valence-electron chi connectivity index (χ1n) is 10.4. The van der Waals surface area contributed by atoms with Crippen LogP contribution in [-0.4, -0.2) is 11.9 Å². The molecule has 3 aromatic carbocycles. The van der Waals surface area contributed by atoms with Gasteiger partial charge < -0.3 is 9.47 Å². The maximum absolute atomic E-state index is 13.9. The van der Waals surface area contributed by atoms with Crippen LogP contribution >= 0.6 is 0 Å². The van der Waals surface area contributed by atoms with E-state index in [1.807, 2.05) is 42.5 Å².